The van der Waals surface area contributed by atoms with E-state index in [2.05, 4.69) is 11.9 Å². The van der Waals surface area contributed by atoms with Crippen LogP contribution in [-0.2, 0) is 6.54 Å². The van der Waals surface area contributed by atoms with Crippen LogP contribution in [0.25, 0.3) is 11.0 Å². The van der Waals surface area contributed by atoms with Gasteiger partial charge in [-0.25, -0.2) is 4.98 Å². The minimum Gasteiger partial charge on any atom is -0.315 e. The first-order valence-corrected chi connectivity index (χ1v) is 4.31. The largest absolute Gasteiger partial charge is 0.315 e. The number of aromatic nitrogens is 2. The zero-order valence-electron chi connectivity index (χ0n) is 6.79. The van der Waals surface area contributed by atoms with Crippen molar-refractivity contribution in [2.45, 2.75) is 13.5 Å². The standard InChI is InChI=1S/C9H9ClN2/c1-2-12-8-6-4-3-5-7(8)11-9(12)10/h3-6H,2H2,1H3. The molecular weight excluding hydrogens is 172 g/mol. The third-order valence-electron chi connectivity index (χ3n) is 1.92. The molecule has 0 aliphatic rings. The van der Waals surface area contributed by atoms with Gasteiger partial charge in [0.05, 0.1) is 11.0 Å². The molecule has 0 spiro atoms. The van der Waals surface area contributed by atoms with Gasteiger partial charge in [-0.3, -0.25) is 0 Å². The summed E-state index contributed by atoms with van der Waals surface area (Å²) >= 11 is 5.92. The summed E-state index contributed by atoms with van der Waals surface area (Å²) in [5, 5.41) is 0.568. The van der Waals surface area contributed by atoms with Crippen LogP contribution in [0.15, 0.2) is 24.3 Å². The summed E-state index contributed by atoms with van der Waals surface area (Å²) in [4.78, 5) is 4.21. The normalized spacial score (nSPS) is 10.8. The van der Waals surface area contributed by atoms with E-state index >= 15 is 0 Å². The van der Waals surface area contributed by atoms with Crippen molar-refractivity contribution in [2.24, 2.45) is 0 Å². The van der Waals surface area contributed by atoms with Crippen molar-refractivity contribution in [3.63, 3.8) is 0 Å². The van der Waals surface area contributed by atoms with Gasteiger partial charge in [0.25, 0.3) is 0 Å². The number of imidazole rings is 1. The maximum absolute atomic E-state index is 5.92. The Hall–Kier alpha value is -1.02. The fourth-order valence-electron chi connectivity index (χ4n) is 1.35. The van der Waals surface area contributed by atoms with Crippen LogP contribution in [0.4, 0.5) is 0 Å². The number of aryl methyl sites for hydroxylation is 1. The van der Waals surface area contributed by atoms with Gasteiger partial charge in [0, 0.05) is 6.54 Å². The lowest BCUT2D eigenvalue weighted by Crippen LogP contribution is -1.92. The number of nitrogens with zero attached hydrogens (tertiary/aromatic N) is 2. The van der Waals surface area contributed by atoms with Crippen molar-refractivity contribution >= 4 is 22.6 Å². The number of hydrogen-bond donors (Lipinski definition) is 0. The Balaban J connectivity index is 2.81. The van der Waals surface area contributed by atoms with E-state index in [4.69, 9.17) is 11.6 Å². The van der Waals surface area contributed by atoms with Gasteiger partial charge < -0.3 is 4.57 Å². The molecule has 0 unspecified atom stereocenters. The van der Waals surface area contributed by atoms with Crippen LogP contribution in [0, 0.1) is 0 Å². The van der Waals surface area contributed by atoms with Crippen molar-refractivity contribution in [3.05, 3.63) is 29.5 Å². The van der Waals surface area contributed by atoms with Crippen LogP contribution >= 0.6 is 11.6 Å². The summed E-state index contributed by atoms with van der Waals surface area (Å²) in [5.41, 5.74) is 2.06. The van der Waals surface area contributed by atoms with Gasteiger partial charge in [0.1, 0.15) is 0 Å². The predicted octanol–water partition coefficient (Wildman–Crippen LogP) is 2.71. The molecule has 0 N–H and O–H groups in total. The van der Waals surface area contributed by atoms with E-state index in [0.717, 1.165) is 17.6 Å². The van der Waals surface area contributed by atoms with Crippen molar-refractivity contribution in [1.82, 2.24) is 9.55 Å². The average Bonchev–Trinajstić information content (AvgIpc) is 2.40. The first-order chi connectivity index (χ1) is 5.83. The highest BCUT2D eigenvalue weighted by Crippen LogP contribution is 2.18. The molecule has 0 radical (unpaired) electrons. The van der Waals surface area contributed by atoms with Gasteiger partial charge in [-0.15, -0.1) is 0 Å². The first-order valence-electron chi connectivity index (χ1n) is 3.93. The lowest BCUT2D eigenvalue weighted by Gasteiger charge is -1.98. The molecule has 1 aromatic carbocycles. The molecule has 0 fully saturated rings. The van der Waals surface area contributed by atoms with Crippen molar-refractivity contribution in [2.75, 3.05) is 0 Å². The molecule has 0 saturated heterocycles. The number of rotatable bonds is 1. The second-order valence-electron chi connectivity index (χ2n) is 2.61. The number of halogens is 1. The lowest BCUT2D eigenvalue weighted by atomic mass is 10.3. The summed E-state index contributed by atoms with van der Waals surface area (Å²) in [5.74, 6) is 0. The molecule has 2 nitrogen and oxygen atoms in total. The maximum Gasteiger partial charge on any atom is 0.203 e. The Morgan fingerprint density at radius 3 is 2.92 bits per heavy atom. The molecule has 0 aliphatic heterocycles. The van der Waals surface area contributed by atoms with Crippen LogP contribution in [0.2, 0.25) is 5.28 Å². The predicted molar refractivity (Wildman–Crippen MR) is 50.4 cm³/mol. The van der Waals surface area contributed by atoms with E-state index in [0.29, 0.717) is 5.28 Å². The Morgan fingerprint density at radius 2 is 2.17 bits per heavy atom. The topological polar surface area (TPSA) is 17.8 Å². The fraction of sp³-hybridized carbons (Fsp3) is 0.222. The van der Waals surface area contributed by atoms with Gasteiger partial charge in [-0.1, -0.05) is 12.1 Å². The zero-order valence-corrected chi connectivity index (χ0v) is 7.54. The Morgan fingerprint density at radius 1 is 1.42 bits per heavy atom. The maximum atomic E-state index is 5.92. The van der Waals surface area contributed by atoms with E-state index < -0.39 is 0 Å². The van der Waals surface area contributed by atoms with E-state index in [-0.39, 0.29) is 0 Å². The Labute approximate surface area is 75.8 Å². The highest BCUT2D eigenvalue weighted by atomic mass is 35.5. The van der Waals surface area contributed by atoms with Crippen molar-refractivity contribution in [1.29, 1.82) is 0 Å². The molecule has 0 bridgehead atoms. The molecule has 1 heterocycles. The molecule has 2 aromatic rings. The van der Waals surface area contributed by atoms with Gasteiger partial charge in [0.2, 0.25) is 5.28 Å². The third-order valence-corrected chi connectivity index (χ3v) is 2.21. The average molecular weight is 181 g/mol. The number of hydrogen-bond acceptors (Lipinski definition) is 1. The fourth-order valence-corrected chi connectivity index (χ4v) is 1.65. The molecule has 1 aromatic heterocycles. The Kier molecular flexibility index (Phi) is 1.77. The van der Waals surface area contributed by atoms with Crippen LogP contribution in [0.5, 0.6) is 0 Å². The monoisotopic (exact) mass is 180 g/mol. The van der Waals surface area contributed by atoms with Crippen molar-refractivity contribution < 1.29 is 0 Å². The van der Waals surface area contributed by atoms with E-state index in [1.54, 1.807) is 0 Å². The molecule has 2 rings (SSSR count). The van der Waals surface area contributed by atoms with Gasteiger partial charge >= 0.3 is 0 Å². The molecule has 0 atom stereocenters. The quantitative estimate of drug-likeness (QED) is 0.660. The molecule has 0 saturated carbocycles. The van der Waals surface area contributed by atoms with Gasteiger partial charge in [-0.2, -0.15) is 0 Å². The van der Waals surface area contributed by atoms with Crippen LogP contribution in [-0.4, -0.2) is 9.55 Å². The Bertz CT molecular complexity index is 406. The highest BCUT2D eigenvalue weighted by molar-refractivity contribution is 6.29. The summed E-state index contributed by atoms with van der Waals surface area (Å²) in [6.07, 6.45) is 0. The smallest absolute Gasteiger partial charge is 0.203 e. The summed E-state index contributed by atoms with van der Waals surface area (Å²) in [6, 6.07) is 7.95. The summed E-state index contributed by atoms with van der Waals surface area (Å²) in [6.45, 7) is 2.92. The number of fused-ring (bicyclic) bond motifs is 1. The molecule has 0 amide bonds. The minimum atomic E-state index is 0.568. The molecule has 62 valence electrons. The molecular formula is C9H9ClN2. The van der Waals surface area contributed by atoms with Gasteiger partial charge in [-0.05, 0) is 30.7 Å². The third kappa shape index (κ3) is 0.994. The molecule has 12 heavy (non-hydrogen) atoms. The SMILES string of the molecule is CCn1c(Cl)nc2ccccc21. The van der Waals surface area contributed by atoms with Crippen LogP contribution in [0.1, 0.15) is 6.92 Å². The summed E-state index contributed by atoms with van der Waals surface area (Å²) in [7, 11) is 0. The van der Waals surface area contributed by atoms with E-state index in [1.807, 2.05) is 28.8 Å². The van der Waals surface area contributed by atoms with Crippen molar-refractivity contribution in [3.8, 4) is 0 Å². The second-order valence-corrected chi connectivity index (χ2v) is 2.95. The number of para-hydroxylation sites is 2. The molecule has 3 heteroatoms. The second kappa shape index (κ2) is 2.79. The van der Waals surface area contributed by atoms with Gasteiger partial charge in [0.15, 0.2) is 0 Å². The van der Waals surface area contributed by atoms with Crippen LogP contribution in [0.3, 0.4) is 0 Å². The molecule has 0 aliphatic carbocycles. The lowest BCUT2D eigenvalue weighted by molar-refractivity contribution is 0.788. The zero-order chi connectivity index (χ0) is 8.55. The van der Waals surface area contributed by atoms with Crippen LogP contribution < -0.4 is 0 Å². The highest BCUT2D eigenvalue weighted by Gasteiger charge is 2.04. The summed E-state index contributed by atoms with van der Waals surface area (Å²) < 4.78 is 1.98. The van der Waals surface area contributed by atoms with E-state index in [9.17, 15) is 0 Å². The minimum absolute atomic E-state index is 0.568. The van der Waals surface area contributed by atoms with E-state index in [1.165, 1.54) is 0 Å². The first kappa shape index (κ1) is 7.62. The number of benzene rings is 1.